The van der Waals surface area contributed by atoms with Crippen molar-refractivity contribution in [1.29, 1.82) is 0 Å². The molecule has 2 aromatic heterocycles. The molecule has 0 aliphatic heterocycles. The minimum absolute atomic E-state index is 0.0223. The van der Waals surface area contributed by atoms with Crippen LogP contribution in [0.25, 0.3) is 0 Å². The standard InChI is InChI=1S/C19H24F4N6O2/c1-11(2)29-9-14(7-25-29)27-18-24-8-15(20)16(28-18)31-10-12-3-5-13(6-4-12)26-17(30)19(21,22)23/h7-9,11-13H,3-6,10H2,1-2H3,(H,26,30)(H,24,27,28)/t12-,13-. The van der Waals surface area contributed by atoms with Gasteiger partial charge in [0.15, 0.2) is 0 Å². The largest absolute Gasteiger partial charge is 0.475 e. The molecule has 0 atom stereocenters. The molecule has 170 valence electrons. The fraction of sp³-hybridized carbons (Fsp3) is 0.579. The number of halogens is 4. The Morgan fingerprint density at radius 2 is 1.97 bits per heavy atom. The Labute approximate surface area is 176 Å². The molecule has 1 amide bonds. The number of carbonyl (C=O) groups excluding carboxylic acids is 1. The van der Waals surface area contributed by atoms with Crippen molar-refractivity contribution in [2.75, 3.05) is 11.9 Å². The van der Waals surface area contributed by atoms with E-state index in [0.717, 1.165) is 6.20 Å². The van der Waals surface area contributed by atoms with Gasteiger partial charge in [0.2, 0.25) is 11.8 Å². The summed E-state index contributed by atoms with van der Waals surface area (Å²) in [7, 11) is 0. The number of nitrogens with one attached hydrogen (secondary N) is 2. The first-order valence-corrected chi connectivity index (χ1v) is 9.96. The normalized spacial score (nSPS) is 19.3. The van der Waals surface area contributed by atoms with Gasteiger partial charge >= 0.3 is 12.1 Å². The van der Waals surface area contributed by atoms with Crippen molar-refractivity contribution in [3.8, 4) is 5.88 Å². The first kappa shape index (κ1) is 22.8. The third kappa shape index (κ3) is 6.28. The van der Waals surface area contributed by atoms with Crippen LogP contribution in [0, 0.1) is 11.7 Å². The van der Waals surface area contributed by atoms with Gasteiger partial charge in [-0.05, 0) is 45.4 Å². The van der Waals surface area contributed by atoms with E-state index in [4.69, 9.17) is 4.74 Å². The molecule has 12 heteroatoms. The van der Waals surface area contributed by atoms with Crippen LogP contribution in [0.1, 0.15) is 45.6 Å². The highest BCUT2D eigenvalue weighted by Gasteiger charge is 2.40. The number of hydrogen-bond acceptors (Lipinski definition) is 6. The summed E-state index contributed by atoms with van der Waals surface area (Å²) in [6, 6.07) is -0.343. The summed E-state index contributed by atoms with van der Waals surface area (Å²) >= 11 is 0. The molecule has 1 fully saturated rings. The lowest BCUT2D eigenvalue weighted by Crippen LogP contribution is -2.44. The Hall–Kier alpha value is -2.92. The van der Waals surface area contributed by atoms with Crippen LogP contribution in [0.4, 0.5) is 29.2 Å². The number of carbonyl (C=O) groups is 1. The van der Waals surface area contributed by atoms with Crippen molar-refractivity contribution in [1.82, 2.24) is 25.1 Å². The maximum absolute atomic E-state index is 14.0. The molecule has 2 heterocycles. The van der Waals surface area contributed by atoms with Gasteiger partial charge < -0.3 is 15.4 Å². The van der Waals surface area contributed by atoms with Crippen LogP contribution in [-0.2, 0) is 4.79 Å². The maximum atomic E-state index is 14.0. The summed E-state index contributed by atoms with van der Waals surface area (Å²) in [6.45, 7) is 4.13. The molecule has 0 spiro atoms. The van der Waals surface area contributed by atoms with E-state index in [1.54, 1.807) is 17.1 Å². The number of nitrogens with zero attached hydrogens (tertiary/aromatic N) is 4. The van der Waals surface area contributed by atoms with E-state index in [9.17, 15) is 22.4 Å². The average molecular weight is 444 g/mol. The van der Waals surface area contributed by atoms with Crippen molar-refractivity contribution in [3.05, 3.63) is 24.4 Å². The van der Waals surface area contributed by atoms with E-state index in [2.05, 4.69) is 20.4 Å². The second-order valence-electron chi connectivity index (χ2n) is 7.77. The van der Waals surface area contributed by atoms with Crippen molar-refractivity contribution in [2.45, 2.75) is 57.8 Å². The zero-order valence-corrected chi connectivity index (χ0v) is 17.1. The number of rotatable bonds is 7. The number of hydrogen-bond donors (Lipinski definition) is 2. The molecule has 3 rings (SSSR count). The number of anilines is 2. The topological polar surface area (TPSA) is 94.0 Å². The molecular formula is C19H24F4N6O2. The predicted octanol–water partition coefficient (Wildman–Crippen LogP) is 3.75. The highest BCUT2D eigenvalue weighted by molar-refractivity contribution is 5.81. The number of aromatic nitrogens is 4. The number of alkyl halides is 3. The fourth-order valence-corrected chi connectivity index (χ4v) is 3.26. The molecule has 0 saturated heterocycles. The lowest BCUT2D eigenvalue weighted by Gasteiger charge is -2.29. The summed E-state index contributed by atoms with van der Waals surface area (Å²) < 4.78 is 58.3. The lowest BCUT2D eigenvalue weighted by molar-refractivity contribution is -0.174. The minimum atomic E-state index is -4.89. The first-order valence-electron chi connectivity index (χ1n) is 9.96. The Morgan fingerprint density at radius 3 is 2.58 bits per heavy atom. The van der Waals surface area contributed by atoms with Gasteiger partial charge in [-0.3, -0.25) is 9.48 Å². The van der Waals surface area contributed by atoms with Crippen LogP contribution in [0.5, 0.6) is 5.88 Å². The highest BCUT2D eigenvalue weighted by atomic mass is 19.4. The summed E-state index contributed by atoms with van der Waals surface area (Å²) in [5, 5.41) is 9.13. The van der Waals surface area contributed by atoms with Crippen LogP contribution in [0.3, 0.4) is 0 Å². The molecule has 0 bridgehead atoms. The maximum Gasteiger partial charge on any atom is 0.471 e. The molecule has 1 aliphatic rings. The van der Waals surface area contributed by atoms with E-state index < -0.39 is 23.9 Å². The Bertz CT molecular complexity index is 894. The van der Waals surface area contributed by atoms with Crippen LogP contribution in [0.15, 0.2) is 18.6 Å². The summed E-state index contributed by atoms with van der Waals surface area (Å²) in [5.41, 5.74) is 0.644. The van der Waals surface area contributed by atoms with Gasteiger partial charge in [0, 0.05) is 18.3 Å². The zero-order valence-electron chi connectivity index (χ0n) is 17.1. The summed E-state index contributed by atoms with van der Waals surface area (Å²) in [5.74, 6) is -2.67. The van der Waals surface area contributed by atoms with Gasteiger partial charge in [-0.2, -0.15) is 27.6 Å². The molecule has 1 saturated carbocycles. The molecule has 2 N–H and O–H groups in total. The third-order valence-corrected chi connectivity index (χ3v) is 4.99. The van der Waals surface area contributed by atoms with Crippen LogP contribution < -0.4 is 15.4 Å². The van der Waals surface area contributed by atoms with Gasteiger partial charge in [0.25, 0.3) is 5.88 Å². The van der Waals surface area contributed by atoms with E-state index in [-0.39, 0.29) is 30.4 Å². The van der Waals surface area contributed by atoms with E-state index in [1.807, 2.05) is 19.2 Å². The Kier molecular flexibility index (Phi) is 6.96. The molecule has 31 heavy (non-hydrogen) atoms. The second-order valence-corrected chi connectivity index (χ2v) is 7.77. The van der Waals surface area contributed by atoms with Crippen molar-refractivity contribution in [2.24, 2.45) is 5.92 Å². The minimum Gasteiger partial charge on any atom is -0.475 e. The van der Waals surface area contributed by atoms with Crippen LogP contribution >= 0.6 is 0 Å². The van der Waals surface area contributed by atoms with E-state index in [1.165, 1.54) is 0 Å². The van der Waals surface area contributed by atoms with Crippen molar-refractivity contribution < 1.29 is 27.1 Å². The quantitative estimate of drug-likeness (QED) is 0.632. The Balaban J connectivity index is 1.50. The second kappa shape index (κ2) is 9.48. The predicted molar refractivity (Wildman–Crippen MR) is 103 cm³/mol. The van der Waals surface area contributed by atoms with Gasteiger partial charge in [-0.15, -0.1) is 0 Å². The molecule has 0 unspecified atom stereocenters. The summed E-state index contributed by atoms with van der Waals surface area (Å²) in [4.78, 5) is 19.0. The van der Waals surface area contributed by atoms with Gasteiger partial charge in [-0.25, -0.2) is 4.98 Å². The Morgan fingerprint density at radius 1 is 1.26 bits per heavy atom. The van der Waals surface area contributed by atoms with Gasteiger partial charge in [-0.1, -0.05) is 0 Å². The van der Waals surface area contributed by atoms with E-state index >= 15 is 0 Å². The van der Waals surface area contributed by atoms with Gasteiger partial charge in [0.1, 0.15) is 0 Å². The highest BCUT2D eigenvalue weighted by Crippen LogP contribution is 2.27. The van der Waals surface area contributed by atoms with Crippen LogP contribution in [0.2, 0.25) is 0 Å². The first-order chi connectivity index (χ1) is 14.6. The van der Waals surface area contributed by atoms with E-state index in [0.29, 0.717) is 31.4 Å². The molecule has 0 aromatic carbocycles. The zero-order chi connectivity index (χ0) is 22.6. The monoisotopic (exact) mass is 444 g/mol. The summed E-state index contributed by atoms with van der Waals surface area (Å²) in [6.07, 6.45) is 1.38. The van der Waals surface area contributed by atoms with Crippen molar-refractivity contribution >= 4 is 17.5 Å². The van der Waals surface area contributed by atoms with Crippen molar-refractivity contribution in [3.63, 3.8) is 0 Å². The average Bonchev–Trinajstić information content (AvgIpc) is 3.17. The molecule has 2 aromatic rings. The smallest absolute Gasteiger partial charge is 0.471 e. The van der Waals surface area contributed by atoms with Crippen LogP contribution in [-0.4, -0.2) is 44.5 Å². The molecule has 0 radical (unpaired) electrons. The number of ether oxygens (including phenoxy) is 1. The fourth-order valence-electron chi connectivity index (χ4n) is 3.26. The number of amides is 1. The lowest BCUT2D eigenvalue weighted by atomic mass is 9.86. The SMILES string of the molecule is CC(C)n1cc(Nc2ncc(F)c(OC[C@H]3CC[C@H](NC(=O)C(F)(F)F)CC3)n2)cn1. The molecule has 8 nitrogen and oxygen atoms in total. The third-order valence-electron chi connectivity index (χ3n) is 4.99. The molecule has 1 aliphatic carbocycles. The van der Waals surface area contributed by atoms with Gasteiger partial charge in [0.05, 0.1) is 24.7 Å². The molecular weight excluding hydrogens is 420 g/mol.